The number of morpholine rings is 2. The van der Waals surface area contributed by atoms with Crippen molar-refractivity contribution in [2.24, 2.45) is 0 Å². The van der Waals surface area contributed by atoms with E-state index in [1.54, 1.807) is 11.0 Å². The molecule has 16 nitrogen and oxygen atoms in total. The molecular weight excluding hydrogens is 933 g/mol. The number of H-pyrrole nitrogens is 2. The van der Waals surface area contributed by atoms with E-state index in [-0.39, 0.29) is 18.1 Å². The second kappa shape index (κ2) is 21.8. The fourth-order valence-corrected chi connectivity index (χ4v) is 10.1. The molecule has 12 rings (SSSR count). The topological polar surface area (TPSA) is 201 Å². The number of ether oxygens (including phenoxy) is 4. The van der Waals surface area contributed by atoms with Gasteiger partial charge in [0.05, 0.1) is 66.2 Å². The van der Waals surface area contributed by atoms with Gasteiger partial charge in [0.1, 0.15) is 54.1 Å². The van der Waals surface area contributed by atoms with Crippen molar-refractivity contribution in [1.29, 1.82) is 10.5 Å². The summed E-state index contributed by atoms with van der Waals surface area (Å²) >= 11 is 0. The fourth-order valence-electron chi connectivity index (χ4n) is 10.1. The molecule has 4 aliphatic rings. The van der Waals surface area contributed by atoms with Gasteiger partial charge in [-0.3, -0.25) is 4.79 Å². The molecule has 6 heterocycles. The molecule has 0 radical (unpaired) electrons. The Morgan fingerprint density at radius 3 is 1.57 bits per heavy atom. The molecule has 8 aromatic rings. The van der Waals surface area contributed by atoms with Crippen molar-refractivity contribution in [3.8, 4) is 68.7 Å². The maximum atomic E-state index is 11.8. The van der Waals surface area contributed by atoms with Crippen molar-refractivity contribution < 1.29 is 28.8 Å². The van der Waals surface area contributed by atoms with E-state index in [0.717, 1.165) is 139 Å². The smallest absolute Gasteiger partial charge is 0.248 e. The van der Waals surface area contributed by atoms with E-state index in [1.165, 1.54) is 11.4 Å². The van der Waals surface area contributed by atoms with E-state index in [9.17, 15) is 15.3 Å². The third-order valence-corrected chi connectivity index (χ3v) is 14.1. The first kappa shape index (κ1) is 48.0. The Bertz CT molecular complexity index is 3360. The highest BCUT2D eigenvalue weighted by atomic mass is 16.5. The number of hydrogen-bond donors (Lipinski definition) is 4. The van der Waals surface area contributed by atoms with E-state index in [4.69, 9.17) is 34.0 Å². The van der Waals surface area contributed by atoms with Gasteiger partial charge in [-0.25, -0.2) is 9.97 Å². The molecule has 74 heavy (non-hydrogen) atoms. The van der Waals surface area contributed by atoms with Crippen LogP contribution in [0.2, 0.25) is 0 Å². The van der Waals surface area contributed by atoms with Gasteiger partial charge in [-0.05, 0) is 109 Å². The van der Waals surface area contributed by atoms with Crippen LogP contribution in [-0.2, 0) is 14.3 Å². The van der Waals surface area contributed by atoms with Crippen LogP contribution < -0.4 is 24.6 Å². The van der Waals surface area contributed by atoms with Crippen LogP contribution in [0.5, 0.6) is 11.5 Å². The van der Waals surface area contributed by atoms with E-state index >= 15 is 0 Å². The van der Waals surface area contributed by atoms with Gasteiger partial charge < -0.3 is 54.0 Å². The monoisotopic (exact) mass is 988 g/mol. The first-order chi connectivity index (χ1) is 36.4. The lowest BCUT2D eigenvalue weighted by Gasteiger charge is -2.28. The lowest BCUT2D eigenvalue weighted by Crippen LogP contribution is -2.36. The van der Waals surface area contributed by atoms with Crippen LogP contribution in [0.3, 0.4) is 0 Å². The quantitative estimate of drug-likeness (QED) is 0.0975. The number of aliphatic hydroxyl groups is 1. The highest BCUT2D eigenvalue weighted by molar-refractivity contribution is 5.95. The zero-order valence-electron chi connectivity index (χ0n) is 40.9. The average Bonchev–Trinajstić information content (AvgIpc) is 4.32. The molecule has 0 spiro atoms. The van der Waals surface area contributed by atoms with Crippen LogP contribution in [0, 0.1) is 22.7 Å². The maximum absolute atomic E-state index is 11.8. The molecule has 16 heteroatoms. The van der Waals surface area contributed by atoms with Crippen molar-refractivity contribution in [3.05, 3.63) is 132 Å². The number of rotatable bonds is 11. The fraction of sp³-hybridized carbons (Fsp3) is 0.293. The molecule has 0 bridgehead atoms. The van der Waals surface area contributed by atoms with Gasteiger partial charge in [-0.1, -0.05) is 36.4 Å². The van der Waals surface area contributed by atoms with Gasteiger partial charge >= 0.3 is 0 Å². The number of benzene rings is 6. The summed E-state index contributed by atoms with van der Waals surface area (Å²) in [7, 11) is 0. The molecule has 2 atom stereocenters. The summed E-state index contributed by atoms with van der Waals surface area (Å²) in [6.45, 7) is 8.84. The molecule has 4 fully saturated rings. The molecule has 1 amide bonds. The second-order valence-corrected chi connectivity index (χ2v) is 18.8. The van der Waals surface area contributed by atoms with E-state index < -0.39 is 6.61 Å². The van der Waals surface area contributed by atoms with E-state index in [0.29, 0.717) is 42.1 Å². The Morgan fingerprint density at radius 1 is 0.622 bits per heavy atom. The van der Waals surface area contributed by atoms with Crippen molar-refractivity contribution in [3.63, 3.8) is 0 Å². The summed E-state index contributed by atoms with van der Waals surface area (Å²) in [6, 6.07) is 44.9. The number of fused-ring (bicyclic) bond motifs is 2. The Labute approximate surface area is 428 Å². The number of carbonyl (C=O) groups is 1. The molecule has 4 aliphatic heterocycles. The zero-order chi connectivity index (χ0) is 50.4. The highest BCUT2D eigenvalue weighted by Crippen LogP contribution is 2.36. The predicted molar refractivity (Wildman–Crippen MR) is 284 cm³/mol. The molecular formula is C58H56N10O6. The van der Waals surface area contributed by atoms with Gasteiger partial charge in [-0.15, -0.1) is 0 Å². The van der Waals surface area contributed by atoms with E-state index in [2.05, 4.69) is 85.8 Å². The number of nitrogens with zero attached hydrogens (tertiary/aromatic N) is 7. The lowest BCUT2D eigenvalue weighted by molar-refractivity contribution is -0.133. The maximum Gasteiger partial charge on any atom is 0.248 e. The number of aliphatic hydroxyl groups excluding tert-OH is 1. The molecule has 2 aromatic heterocycles. The standard InChI is InChI=1S/C30H29N5O4.C28H27N5O2/c31-17-22-16-21(6-9-27(22)39-24-10-11-35(18-24)28(37)19-36)25-2-1-3-26-29(25)33-30(32-26)20-4-7-23(8-5-20)34-12-14-38-15-13-34;29-17-21-16-20(6-9-26(21)35-23-10-11-30-18-23)24-2-1-3-25-27(24)32-28(31-25)19-4-7-22(8-5-19)33-12-14-34-15-13-33/h1-9,16,24,36H,10-15,18-19H2,(H,32,33);1-9,16,23,30H,10-15,18H2,(H,31,32)/t24-;23-/m11/s1. The number of aromatic nitrogens is 4. The number of hydrogen-bond acceptors (Lipinski definition) is 13. The second-order valence-electron chi connectivity index (χ2n) is 18.8. The van der Waals surface area contributed by atoms with Crippen LogP contribution in [0.15, 0.2) is 121 Å². The number of likely N-dealkylation sites (tertiary alicyclic amines) is 1. The van der Waals surface area contributed by atoms with Crippen molar-refractivity contribution in [2.45, 2.75) is 25.0 Å². The molecule has 4 N–H and O–H groups in total. The Morgan fingerprint density at radius 2 is 1.11 bits per heavy atom. The minimum atomic E-state index is -0.509. The number of nitrogens with one attached hydrogen (secondary N) is 3. The molecule has 0 unspecified atom stereocenters. The Hall–Kier alpha value is -8.25. The van der Waals surface area contributed by atoms with Gasteiger partial charge in [0.2, 0.25) is 5.91 Å². The molecule has 0 aliphatic carbocycles. The molecule has 4 saturated heterocycles. The SMILES string of the molecule is N#Cc1cc(-c2cccc3[nH]c(-c4ccc(N5CCOCC5)cc4)nc23)ccc1O[C@@H]1CCN(C(=O)CO)C1.N#Cc1cc(-c2cccc3[nH]c(-c4ccc(N5CCOCC5)cc4)nc23)ccc1O[C@@H]1CCNC1. The summed E-state index contributed by atoms with van der Waals surface area (Å²) in [6.07, 6.45) is 1.50. The Kier molecular flexibility index (Phi) is 14.2. The largest absolute Gasteiger partial charge is 0.488 e. The van der Waals surface area contributed by atoms with Gasteiger partial charge in [0.25, 0.3) is 0 Å². The summed E-state index contributed by atoms with van der Waals surface area (Å²) in [4.78, 5) is 34.8. The van der Waals surface area contributed by atoms with Crippen LogP contribution in [0.4, 0.5) is 11.4 Å². The van der Waals surface area contributed by atoms with Crippen molar-refractivity contribution in [2.75, 3.05) is 95.2 Å². The lowest BCUT2D eigenvalue weighted by atomic mass is 10.0. The number of para-hydroxylation sites is 2. The predicted octanol–water partition coefficient (Wildman–Crippen LogP) is 7.92. The highest BCUT2D eigenvalue weighted by Gasteiger charge is 2.28. The van der Waals surface area contributed by atoms with Crippen molar-refractivity contribution >= 4 is 39.3 Å². The van der Waals surface area contributed by atoms with Crippen molar-refractivity contribution in [1.82, 2.24) is 30.2 Å². The van der Waals surface area contributed by atoms with Crippen LogP contribution in [0.25, 0.3) is 67.1 Å². The normalized spacial score (nSPS) is 17.7. The van der Waals surface area contributed by atoms with Crippen LogP contribution >= 0.6 is 0 Å². The molecule has 0 saturated carbocycles. The summed E-state index contributed by atoms with van der Waals surface area (Å²) in [5, 5.41) is 32.0. The van der Waals surface area contributed by atoms with E-state index in [1.807, 2.05) is 66.7 Å². The van der Waals surface area contributed by atoms with Gasteiger partial charge in [-0.2, -0.15) is 10.5 Å². The molecule has 374 valence electrons. The first-order valence-electron chi connectivity index (χ1n) is 25.3. The third kappa shape index (κ3) is 10.3. The number of amides is 1. The summed E-state index contributed by atoms with van der Waals surface area (Å²) in [5.74, 6) is 2.43. The minimum Gasteiger partial charge on any atom is -0.488 e. The minimum absolute atomic E-state index is 0.111. The Balaban J connectivity index is 0.000000160. The third-order valence-electron chi connectivity index (χ3n) is 14.1. The van der Waals surface area contributed by atoms with Crippen LogP contribution in [-0.4, -0.2) is 133 Å². The summed E-state index contributed by atoms with van der Waals surface area (Å²) < 4.78 is 23.1. The number of anilines is 2. The molecule has 6 aromatic carbocycles. The summed E-state index contributed by atoms with van der Waals surface area (Å²) in [5.41, 5.74) is 12.7. The van der Waals surface area contributed by atoms with Gasteiger partial charge in [0.15, 0.2) is 0 Å². The number of carbonyl (C=O) groups excluding carboxylic acids is 1. The van der Waals surface area contributed by atoms with Crippen LogP contribution in [0.1, 0.15) is 24.0 Å². The van der Waals surface area contributed by atoms with Gasteiger partial charge in [0, 0.05) is 79.3 Å². The number of aromatic amines is 2. The average molecular weight is 989 g/mol. The zero-order valence-corrected chi connectivity index (χ0v) is 40.9. The first-order valence-corrected chi connectivity index (χ1v) is 25.3. The number of nitriles is 2. The number of imidazole rings is 2.